The van der Waals surface area contributed by atoms with Crippen molar-refractivity contribution in [2.24, 2.45) is 5.92 Å². The average Bonchev–Trinajstić information content (AvgIpc) is 2.63. The maximum absolute atomic E-state index is 10.8. The van der Waals surface area contributed by atoms with E-state index in [1.54, 1.807) is 0 Å². The summed E-state index contributed by atoms with van der Waals surface area (Å²) in [5.74, 6) is -1.75. The Labute approximate surface area is 99.7 Å². The van der Waals surface area contributed by atoms with Gasteiger partial charge in [0.1, 0.15) is 6.10 Å². The fourth-order valence-electron chi connectivity index (χ4n) is 1.30. The van der Waals surface area contributed by atoms with Crippen LogP contribution in [0.2, 0.25) is 0 Å². The Hall–Kier alpha value is -0.870. The standard InChI is InChI=1S/C12H18O3S/c1-7(11(14)15)10(13)8-5-6-9(16-8)12(2,3)4/h5-7,10,13H,1-4H3,(H,14,15). The molecule has 0 aliphatic heterocycles. The highest BCUT2D eigenvalue weighted by Gasteiger charge is 2.25. The highest BCUT2D eigenvalue weighted by Crippen LogP contribution is 2.34. The molecular weight excluding hydrogens is 224 g/mol. The van der Waals surface area contributed by atoms with Gasteiger partial charge in [-0.25, -0.2) is 0 Å². The summed E-state index contributed by atoms with van der Waals surface area (Å²) in [5.41, 5.74) is 0.0368. The van der Waals surface area contributed by atoms with Gasteiger partial charge in [-0.2, -0.15) is 0 Å². The van der Waals surface area contributed by atoms with Crippen molar-refractivity contribution in [2.75, 3.05) is 0 Å². The molecule has 1 heterocycles. The third kappa shape index (κ3) is 2.83. The fraction of sp³-hybridized carbons (Fsp3) is 0.583. The molecule has 0 aliphatic carbocycles. The topological polar surface area (TPSA) is 57.5 Å². The van der Waals surface area contributed by atoms with Crippen LogP contribution in [0, 0.1) is 5.92 Å². The van der Waals surface area contributed by atoms with Crippen LogP contribution in [0.4, 0.5) is 0 Å². The molecule has 0 aromatic carbocycles. The largest absolute Gasteiger partial charge is 0.481 e. The second-order valence-electron chi connectivity index (χ2n) is 5.02. The first kappa shape index (κ1) is 13.2. The van der Waals surface area contributed by atoms with Crippen LogP contribution < -0.4 is 0 Å². The lowest BCUT2D eigenvalue weighted by Gasteiger charge is -2.16. The van der Waals surface area contributed by atoms with Gasteiger partial charge < -0.3 is 10.2 Å². The van der Waals surface area contributed by atoms with Gasteiger partial charge in [-0.15, -0.1) is 11.3 Å². The van der Waals surface area contributed by atoms with Crippen LogP contribution in [0.15, 0.2) is 12.1 Å². The van der Waals surface area contributed by atoms with Crippen LogP contribution in [-0.2, 0) is 10.2 Å². The van der Waals surface area contributed by atoms with Crippen molar-refractivity contribution in [1.82, 2.24) is 0 Å². The second-order valence-corrected chi connectivity index (χ2v) is 6.14. The lowest BCUT2D eigenvalue weighted by Crippen LogP contribution is -2.17. The van der Waals surface area contributed by atoms with Gasteiger partial charge in [-0.05, 0) is 24.5 Å². The van der Waals surface area contributed by atoms with Crippen molar-refractivity contribution in [3.05, 3.63) is 21.9 Å². The molecule has 0 spiro atoms. The number of hydrogen-bond donors (Lipinski definition) is 2. The predicted molar refractivity (Wildman–Crippen MR) is 64.8 cm³/mol. The molecule has 90 valence electrons. The molecule has 2 atom stereocenters. The molecule has 0 aliphatic rings. The van der Waals surface area contributed by atoms with E-state index in [1.165, 1.54) is 18.3 Å². The van der Waals surface area contributed by atoms with Crippen LogP contribution in [0.3, 0.4) is 0 Å². The molecule has 3 nitrogen and oxygen atoms in total. The maximum atomic E-state index is 10.8. The van der Waals surface area contributed by atoms with Crippen molar-refractivity contribution in [3.63, 3.8) is 0 Å². The Kier molecular flexibility index (Phi) is 3.76. The summed E-state index contributed by atoms with van der Waals surface area (Å²) in [5, 5.41) is 18.7. The van der Waals surface area contributed by atoms with E-state index in [-0.39, 0.29) is 5.41 Å². The van der Waals surface area contributed by atoms with Gasteiger partial charge in [-0.3, -0.25) is 4.79 Å². The van der Waals surface area contributed by atoms with E-state index in [2.05, 4.69) is 20.8 Å². The zero-order chi connectivity index (χ0) is 12.5. The molecular formula is C12H18O3S. The maximum Gasteiger partial charge on any atom is 0.309 e. The van der Waals surface area contributed by atoms with E-state index in [4.69, 9.17) is 5.11 Å². The molecule has 4 heteroatoms. The Morgan fingerprint density at radius 2 is 1.94 bits per heavy atom. The molecule has 2 unspecified atom stereocenters. The smallest absolute Gasteiger partial charge is 0.309 e. The Balaban J connectivity index is 2.90. The molecule has 16 heavy (non-hydrogen) atoms. The number of thiophene rings is 1. The van der Waals surface area contributed by atoms with Crippen LogP contribution in [0.1, 0.15) is 43.6 Å². The van der Waals surface area contributed by atoms with Crippen LogP contribution in [0.25, 0.3) is 0 Å². The summed E-state index contributed by atoms with van der Waals surface area (Å²) in [6.07, 6.45) is -0.918. The minimum absolute atomic E-state index is 0.0368. The summed E-state index contributed by atoms with van der Waals surface area (Å²) in [4.78, 5) is 12.6. The van der Waals surface area contributed by atoms with Gasteiger partial charge in [0.05, 0.1) is 5.92 Å². The number of hydrogen-bond acceptors (Lipinski definition) is 3. The number of aliphatic hydroxyl groups excluding tert-OH is 1. The van der Waals surface area contributed by atoms with Gasteiger partial charge >= 0.3 is 5.97 Å². The van der Waals surface area contributed by atoms with Crippen LogP contribution in [-0.4, -0.2) is 16.2 Å². The first-order chi connectivity index (χ1) is 7.23. The minimum atomic E-state index is -0.974. The lowest BCUT2D eigenvalue weighted by molar-refractivity contribution is -0.144. The van der Waals surface area contributed by atoms with E-state index >= 15 is 0 Å². The number of aliphatic carboxylic acids is 1. The monoisotopic (exact) mass is 242 g/mol. The summed E-state index contributed by atoms with van der Waals surface area (Å²) in [6, 6.07) is 3.77. The number of rotatable bonds is 3. The minimum Gasteiger partial charge on any atom is -0.481 e. The highest BCUT2D eigenvalue weighted by molar-refractivity contribution is 7.12. The summed E-state index contributed by atoms with van der Waals surface area (Å²) < 4.78 is 0. The summed E-state index contributed by atoms with van der Waals surface area (Å²) in [6.45, 7) is 7.80. The third-order valence-corrected chi connectivity index (χ3v) is 4.10. The Morgan fingerprint density at radius 1 is 1.38 bits per heavy atom. The van der Waals surface area contributed by atoms with Gasteiger partial charge in [0.25, 0.3) is 0 Å². The number of carboxylic acids is 1. The van der Waals surface area contributed by atoms with Crippen molar-refractivity contribution in [3.8, 4) is 0 Å². The van der Waals surface area contributed by atoms with Crippen molar-refractivity contribution >= 4 is 17.3 Å². The van der Waals surface area contributed by atoms with Crippen molar-refractivity contribution in [1.29, 1.82) is 0 Å². The van der Waals surface area contributed by atoms with E-state index < -0.39 is 18.0 Å². The number of carboxylic acid groups (broad SMARTS) is 1. The number of carbonyl (C=O) groups is 1. The first-order valence-corrected chi connectivity index (χ1v) is 6.06. The van der Waals surface area contributed by atoms with Crippen molar-refractivity contribution in [2.45, 2.75) is 39.2 Å². The van der Waals surface area contributed by atoms with E-state index in [0.717, 1.165) is 9.75 Å². The molecule has 0 saturated carbocycles. The van der Waals surface area contributed by atoms with Gasteiger partial charge in [-0.1, -0.05) is 20.8 Å². The molecule has 1 aromatic rings. The average molecular weight is 242 g/mol. The molecule has 0 amide bonds. The van der Waals surface area contributed by atoms with Gasteiger partial charge in [0.15, 0.2) is 0 Å². The normalized spacial score (nSPS) is 15.8. The Bertz CT molecular complexity index is 376. The molecule has 1 aromatic heterocycles. The quantitative estimate of drug-likeness (QED) is 0.857. The van der Waals surface area contributed by atoms with E-state index in [9.17, 15) is 9.90 Å². The predicted octanol–water partition coefficient (Wildman–Crippen LogP) is 2.80. The zero-order valence-electron chi connectivity index (χ0n) is 10.0. The van der Waals surface area contributed by atoms with Gasteiger partial charge in [0, 0.05) is 9.75 Å². The van der Waals surface area contributed by atoms with E-state index in [1.807, 2.05) is 12.1 Å². The molecule has 1 rings (SSSR count). The summed E-state index contributed by atoms with van der Waals surface area (Å²) >= 11 is 1.48. The Morgan fingerprint density at radius 3 is 2.31 bits per heavy atom. The summed E-state index contributed by atoms with van der Waals surface area (Å²) in [7, 11) is 0. The molecule has 0 radical (unpaired) electrons. The first-order valence-electron chi connectivity index (χ1n) is 5.24. The lowest BCUT2D eigenvalue weighted by atomic mass is 9.95. The van der Waals surface area contributed by atoms with Gasteiger partial charge in [0.2, 0.25) is 0 Å². The highest BCUT2D eigenvalue weighted by atomic mass is 32.1. The molecule has 2 N–H and O–H groups in total. The van der Waals surface area contributed by atoms with Crippen LogP contribution >= 0.6 is 11.3 Å². The van der Waals surface area contributed by atoms with Crippen LogP contribution in [0.5, 0.6) is 0 Å². The molecule has 0 saturated heterocycles. The third-order valence-electron chi connectivity index (χ3n) is 2.52. The fourth-order valence-corrected chi connectivity index (χ4v) is 2.45. The van der Waals surface area contributed by atoms with E-state index in [0.29, 0.717) is 0 Å². The number of aliphatic hydroxyl groups is 1. The molecule has 0 bridgehead atoms. The molecule has 0 fully saturated rings. The second kappa shape index (κ2) is 4.55. The van der Waals surface area contributed by atoms with Crippen molar-refractivity contribution < 1.29 is 15.0 Å². The SMILES string of the molecule is CC(C(=O)O)C(O)c1ccc(C(C)(C)C)s1. The zero-order valence-corrected chi connectivity index (χ0v) is 10.8.